The van der Waals surface area contributed by atoms with Crippen LogP contribution in [0.4, 0.5) is 5.69 Å². The van der Waals surface area contributed by atoms with Crippen LogP contribution in [0.3, 0.4) is 0 Å². The quantitative estimate of drug-likeness (QED) is 0.768. The molecule has 1 heterocycles. The van der Waals surface area contributed by atoms with Gasteiger partial charge in [0.25, 0.3) is 11.8 Å². The summed E-state index contributed by atoms with van der Waals surface area (Å²) in [6.07, 6.45) is 2.07. The molecule has 2 amide bonds. The van der Waals surface area contributed by atoms with Crippen molar-refractivity contribution in [3.63, 3.8) is 0 Å². The first-order chi connectivity index (χ1) is 14.2. The molecule has 0 bridgehead atoms. The second-order valence-corrected chi connectivity index (χ2v) is 9.14. The Balaban J connectivity index is 1.60. The minimum absolute atomic E-state index is 0.0216. The number of carbonyl (C=O) groups is 2. The van der Waals surface area contributed by atoms with Gasteiger partial charge in [-0.05, 0) is 54.0 Å². The van der Waals surface area contributed by atoms with Crippen molar-refractivity contribution in [1.82, 2.24) is 4.90 Å². The highest BCUT2D eigenvalue weighted by molar-refractivity contribution is 5.97. The van der Waals surface area contributed by atoms with Crippen LogP contribution in [0.5, 0.6) is 5.75 Å². The number of likely N-dealkylation sites (tertiary alicyclic amines) is 1. The lowest BCUT2D eigenvalue weighted by Gasteiger charge is -2.30. The summed E-state index contributed by atoms with van der Waals surface area (Å²) < 4.78 is 5.79. The fraction of sp³-hybridized carbons (Fsp3) is 0.440. The van der Waals surface area contributed by atoms with Gasteiger partial charge in [0, 0.05) is 24.3 Å². The number of anilines is 1. The van der Waals surface area contributed by atoms with E-state index < -0.39 is 0 Å². The molecule has 0 atom stereocenters. The van der Waals surface area contributed by atoms with Gasteiger partial charge in [-0.2, -0.15) is 0 Å². The van der Waals surface area contributed by atoms with Gasteiger partial charge in [0.05, 0.1) is 0 Å². The summed E-state index contributed by atoms with van der Waals surface area (Å²) in [4.78, 5) is 27.1. The zero-order valence-corrected chi connectivity index (χ0v) is 18.4. The van der Waals surface area contributed by atoms with Crippen LogP contribution in [0.2, 0.25) is 0 Å². The fourth-order valence-electron chi connectivity index (χ4n) is 3.68. The van der Waals surface area contributed by atoms with Crippen LogP contribution in [0.1, 0.15) is 56.5 Å². The average molecular weight is 409 g/mol. The minimum Gasteiger partial charge on any atom is -0.483 e. The molecule has 1 aliphatic rings. The fourth-order valence-corrected chi connectivity index (χ4v) is 3.68. The zero-order chi connectivity index (χ0) is 21.7. The van der Waals surface area contributed by atoms with Gasteiger partial charge in [-0.3, -0.25) is 9.59 Å². The summed E-state index contributed by atoms with van der Waals surface area (Å²) in [6, 6.07) is 14.9. The van der Waals surface area contributed by atoms with Crippen LogP contribution < -0.4 is 10.1 Å². The third kappa shape index (κ3) is 5.62. The molecule has 1 N–H and O–H groups in total. The molecule has 30 heavy (non-hydrogen) atoms. The maximum Gasteiger partial charge on any atom is 0.262 e. The normalized spacial score (nSPS) is 15.0. The van der Waals surface area contributed by atoms with Crippen LogP contribution in [-0.2, 0) is 10.2 Å². The molecule has 1 aliphatic heterocycles. The first kappa shape index (κ1) is 21.9. The van der Waals surface area contributed by atoms with Gasteiger partial charge < -0.3 is 15.0 Å². The van der Waals surface area contributed by atoms with Crippen LogP contribution in [0.25, 0.3) is 0 Å². The lowest BCUT2D eigenvalue weighted by molar-refractivity contribution is -0.118. The Morgan fingerprint density at radius 3 is 2.47 bits per heavy atom. The zero-order valence-electron chi connectivity index (χ0n) is 18.4. The van der Waals surface area contributed by atoms with Gasteiger partial charge in [-0.25, -0.2) is 0 Å². The number of carbonyl (C=O) groups excluding carboxylic acids is 2. The Hall–Kier alpha value is -2.82. The Morgan fingerprint density at radius 2 is 1.77 bits per heavy atom. The van der Waals surface area contributed by atoms with Gasteiger partial charge in [-0.15, -0.1) is 0 Å². The predicted octanol–water partition coefficient (Wildman–Crippen LogP) is 4.87. The maximum atomic E-state index is 12.8. The molecule has 0 aromatic heterocycles. The summed E-state index contributed by atoms with van der Waals surface area (Å²) in [5.74, 6) is 1.15. The van der Waals surface area contributed by atoms with Crippen molar-refractivity contribution < 1.29 is 14.3 Å². The molecule has 0 aliphatic carbocycles. The van der Waals surface area contributed by atoms with Crippen molar-refractivity contribution >= 4 is 17.5 Å². The number of hydrogen-bond acceptors (Lipinski definition) is 3. The van der Waals surface area contributed by atoms with Crippen molar-refractivity contribution in [1.29, 1.82) is 0 Å². The highest BCUT2D eigenvalue weighted by Gasteiger charge is 2.22. The van der Waals surface area contributed by atoms with E-state index >= 15 is 0 Å². The number of hydrogen-bond donors (Lipinski definition) is 1. The first-order valence-electron chi connectivity index (χ1n) is 10.7. The van der Waals surface area contributed by atoms with Crippen molar-refractivity contribution in [2.24, 2.45) is 5.92 Å². The molecule has 0 radical (unpaired) electrons. The third-order valence-electron chi connectivity index (χ3n) is 5.52. The molecule has 160 valence electrons. The Kier molecular flexibility index (Phi) is 6.80. The van der Waals surface area contributed by atoms with Crippen LogP contribution in [-0.4, -0.2) is 36.4 Å². The highest BCUT2D eigenvalue weighted by atomic mass is 16.5. The topological polar surface area (TPSA) is 58.6 Å². The molecule has 1 fully saturated rings. The smallest absolute Gasteiger partial charge is 0.262 e. The molecule has 1 saturated heterocycles. The number of nitrogens with zero attached hydrogens (tertiary/aromatic N) is 1. The maximum absolute atomic E-state index is 12.8. The number of nitrogens with one attached hydrogen (secondary N) is 1. The van der Waals surface area contributed by atoms with Crippen LogP contribution in [0, 0.1) is 5.92 Å². The molecule has 5 heteroatoms. The van der Waals surface area contributed by atoms with E-state index in [2.05, 4.69) is 33.0 Å². The van der Waals surface area contributed by atoms with Gasteiger partial charge in [0.15, 0.2) is 6.61 Å². The predicted molar refractivity (Wildman–Crippen MR) is 120 cm³/mol. The average Bonchev–Trinajstić information content (AvgIpc) is 2.72. The largest absolute Gasteiger partial charge is 0.483 e. The van der Waals surface area contributed by atoms with Crippen molar-refractivity contribution in [3.05, 3.63) is 59.7 Å². The molecule has 2 aromatic rings. The number of rotatable bonds is 5. The number of para-hydroxylation sites is 1. The van der Waals surface area contributed by atoms with E-state index in [-0.39, 0.29) is 23.8 Å². The number of piperidine rings is 1. The van der Waals surface area contributed by atoms with Crippen molar-refractivity contribution in [3.8, 4) is 5.75 Å². The third-order valence-corrected chi connectivity index (χ3v) is 5.52. The molecular weight excluding hydrogens is 376 g/mol. The van der Waals surface area contributed by atoms with Crippen LogP contribution in [0.15, 0.2) is 48.5 Å². The van der Waals surface area contributed by atoms with E-state index in [9.17, 15) is 9.59 Å². The molecule has 0 spiro atoms. The lowest BCUT2D eigenvalue weighted by atomic mass is 9.86. The SMILES string of the molecule is CC1CCN(C(=O)c2cccc(NC(=O)COc3ccccc3C(C)(C)C)c2)CC1. The number of benzene rings is 2. The lowest BCUT2D eigenvalue weighted by Crippen LogP contribution is -2.37. The summed E-state index contributed by atoms with van der Waals surface area (Å²) in [5, 5.41) is 2.84. The van der Waals surface area contributed by atoms with Gasteiger partial charge in [0.2, 0.25) is 0 Å². The standard InChI is InChI=1S/C25H32N2O3/c1-18-12-14-27(15-13-18)24(29)19-8-7-9-20(16-19)26-23(28)17-30-22-11-6-5-10-21(22)25(2,3)4/h5-11,16,18H,12-15,17H2,1-4H3,(H,26,28). The summed E-state index contributed by atoms with van der Waals surface area (Å²) in [7, 11) is 0. The molecular formula is C25H32N2O3. The van der Waals surface area contributed by atoms with E-state index in [1.807, 2.05) is 29.2 Å². The molecule has 5 nitrogen and oxygen atoms in total. The van der Waals surface area contributed by atoms with E-state index in [1.165, 1.54) is 0 Å². The van der Waals surface area contributed by atoms with E-state index in [4.69, 9.17) is 4.74 Å². The first-order valence-corrected chi connectivity index (χ1v) is 10.7. The Morgan fingerprint density at radius 1 is 1.07 bits per heavy atom. The van der Waals surface area contributed by atoms with Crippen LogP contribution >= 0.6 is 0 Å². The van der Waals surface area contributed by atoms with Crippen molar-refractivity contribution in [2.75, 3.05) is 25.0 Å². The van der Waals surface area contributed by atoms with Gasteiger partial charge in [-0.1, -0.05) is 52.0 Å². The van der Waals surface area contributed by atoms with Gasteiger partial charge >= 0.3 is 0 Å². The summed E-state index contributed by atoms with van der Waals surface area (Å²) in [5.41, 5.74) is 2.18. The molecule has 3 rings (SSSR count). The molecule has 0 saturated carbocycles. The Bertz CT molecular complexity index is 893. The molecule has 2 aromatic carbocycles. The monoisotopic (exact) mass is 408 g/mol. The molecule has 0 unspecified atom stereocenters. The number of amides is 2. The minimum atomic E-state index is -0.255. The van der Waals surface area contributed by atoms with E-state index in [0.29, 0.717) is 22.9 Å². The Labute approximate surface area is 179 Å². The van der Waals surface area contributed by atoms with Gasteiger partial charge in [0.1, 0.15) is 5.75 Å². The summed E-state index contributed by atoms with van der Waals surface area (Å²) >= 11 is 0. The second kappa shape index (κ2) is 9.33. The second-order valence-electron chi connectivity index (χ2n) is 9.14. The highest BCUT2D eigenvalue weighted by Crippen LogP contribution is 2.30. The van der Waals surface area contributed by atoms with E-state index in [1.54, 1.807) is 24.3 Å². The number of ether oxygens (including phenoxy) is 1. The summed E-state index contributed by atoms with van der Waals surface area (Å²) in [6.45, 7) is 10.0. The van der Waals surface area contributed by atoms with Crippen molar-refractivity contribution in [2.45, 2.75) is 46.0 Å². The van der Waals surface area contributed by atoms with E-state index in [0.717, 1.165) is 31.5 Å².